The molecular weight excluding hydrogens is 484 g/mol. The van der Waals surface area contributed by atoms with Crippen LogP contribution in [0, 0.1) is 5.92 Å². The molecule has 5 N–H and O–H groups in total. The van der Waals surface area contributed by atoms with Gasteiger partial charge in [-0.15, -0.1) is 0 Å². The molecule has 0 amide bonds. The molecule has 0 aromatic heterocycles. The van der Waals surface area contributed by atoms with Crippen molar-refractivity contribution in [1.29, 1.82) is 0 Å². The molecule has 2 saturated heterocycles. The smallest absolute Gasteiger partial charge is 0.334 e. The van der Waals surface area contributed by atoms with Gasteiger partial charge in [0.25, 0.3) is 0 Å². The van der Waals surface area contributed by atoms with Crippen LogP contribution >= 0.6 is 0 Å². The van der Waals surface area contributed by atoms with E-state index in [4.69, 9.17) is 14.2 Å². The number of hydrogen-bond donors (Lipinski definition) is 5. The summed E-state index contributed by atoms with van der Waals surface area (Å²) in [6.45, 7) is 4.95. The molecule has 0 bridgehead atoms. The number of unbranched alkanes of at least 4 members (excludes halogenated alkanes) is 10. The summed E-state index contributed by atoms with van der Waals surface area (Å²) in [5, 5.41) is 48.2. The number of hydrogen-bond acceptors (Lipinski definition) is 9. The van der Waals surface area contributed by atoms with Gasteiger partial charge in [0.2, 0.25) is 0 Å². The van der Waals surface area contributed by atoms with Crippen LogP contribution in [-0.2, 0) is 23.8 Å². The number of aliphatic hydroxyl groups excluding tert-OH is 4. The van der Waals surface area contributed by atoms with Gasteiger partial charge in [0.15, 0.2) is 6.29 Å². The Morgan fingerprint density at radius 2 is 1.43 bits per heavy atom. The number of cyclic esters (lactones) is 1. The molecule has 0 aromatic rings. The van der Waals surface area contributed by atoms with Gasteiger partial charge in [0.05, 0.1) is 12.7 Å². The van der Waals surface area contributed by atoms with E-state index < -0.39 is 61.3 Å². The van der Waals surface area contributed by atoms with Gasteiger partial charge in [-0.05, 0) is 26.2 Å². The molecule has 0 aromatic carbocycles. The molecule has 2 aliphatic heterocycles. The van der Waals surface area contributed by atoms with Crippen molar-refractivity contribution in [1.82, 2.24) is 0 Å². The summed E-state index contributed by atoms with van der Waals surface area (Å²) >= 11 is 0. The fourth-order valence-electron chi connectivity index (χ4n) is 5.01. The number of carboxylic acid groups (broad SMARTS) is 1. The van der Waals surface area contributed by atoms with Crippen LogP contribution in [0.3, 0.4) is 0 Å². The predicted octanol–water partition coefficient (Wildman–Crippen LogP) is 2.45. The van der Waals surface area contributed by atoms with Crippen LogP contribution in [0.5, 0.6) is 0 Å². The zero-order valence-corrected chi connectivity index (χ0v) is 22.0. The summed E-state index contributed by atoms with van der Waals surface area (Å²) in [6, 6.07) is 0. The number of carboxylic acids is 1. The van der Waals surface area contributed by atoms with Crippen LogP contribution in [0.4, 0.5) is 0 Å². The molecule has 8 atom stereocenters. The molecule has 2 aliphatic rings. The number of carbonyl (C=O) groups is 2. The van der Waals surface area contributed by atoms with Crippen molar-refractivity contribution in [3.8, 4) is 0 Å². The molecule has 0 radical (unpaired) electrons. The van der Waals surface area contributed by atoms with Gasteiger partial charge in [0, 0.05) is 5.57 Å². The van der Waals surface area contributed by atoms with Gasteiger partial charge < -0.3 is 39.7 Å². The highest BCUT2D eigenvalue weighted by Crippen LogP contribution is 2.30. The van der Waals surface area contributed by atoms with E-state index in [1.54, 1.807) is 0 Å². The van der Waals surface area contributed by atoms with Crippen molar-refractivity contribution in [3.05, 3.63) is 12.2 Å². The van der Waals surface area contributed by atoms with Gasteiger partial charge in [0.1, 0.15) is 36.4 Å². The fraction of sp³-hybridized carbons (Fsp3) is 0.852. The molecule has 2 heterocycles. The molecular formula is C27H46O10. The minimum absolute atomic E-state index is 0.0495. The Bertz CT molecular complexity index is 711. The molecule has 10 nitrogen and oxygen atoms in total. The summed E-state index contributed by atoms with van der Waals surface area (Å²) < 4.78 is 16.2. The minimum Gasteiger partial charge on any atom is -0.481 e. The summed E-state index contributed by atoms with van der Waals surface area (Å²) in [6.07, 6.45) is 6.39. The zero-order valence-electron chi connectivity index (χ0n) is 22.0. The SMILES string of the molecule is C=C1C(=O)O[C@H](CCCCCCCCCCCCC[C@@H](C)O[C@@H]2O[C@H](CO)[C@@H](O)[C@H](O)[C@H]2O)[C@H]1C(=O)O. The fourth-order valence-corrected chi connectivity index (χ4v) is 5.01. The predicted molar refractivity (Wildman–Crippen MR) is 134 cm³/mol. The second-order valence-electron chi connectivity index (χ2n) is 10.4. The first kappa shape index (κ1) is 31.7. The lowest BCUT2D eigenvalue weighted by Crippen LogP contribution is -2.59. The van der Waals surface area contributed by atoms with Crippen LogP contribution in [0.25, 0.3) is 0 Å². The third-order valence-corrected chi connectivity index (χ3v) is 7.35. The number of rotatable bonds is 18. The number of esters is 1. The quantitative estimate of drug-likeness (QED) is 0.101. The van der Waals surface area contributed by atoms with E-state index in [9.17, 15) is 35.1 Å². The lowest BCUT2D eigenvalue weighted by molar-refractivity contribution is -0.310. The van der Waals surface area contributed by atoms with Gasteiger partial charge >= 0.3 is 11.9 Å². The van der Waals surface area contributed by atoms with Crippen LogP contribution in [0.15, 0.2) is 12.2 Å². The number of carbonyl (C=O) groups excluding carboxylic acids is 1. The lowest BCUT2D eigenvalue weighted by Gasteiger charge is -2.40. The monoisotopic (exact) mass is 530 g/mol. The average Bonchev–Trinajstić information content (AvgIpc) is 3.15. The Kier molecular flexibility index (Phi) is 14.0. The van der Waals surface area contributed by atoms with E-state index in [0.717, 1.165) is 51.4 Å². The molecule has 37 heavy (non-hydrogen) atoms. The Morgan fingerprint density at radius 1 is 0.892 bits per heavy atom. The first-order valence-electron chi connectivity index (χ1n) is 13.8. The molecule has 0 spiro atoms. The molecule has 10 heteroatoms. The second-order valence-corrected chi connectivity index (χ2v) is 10.4. The first-order chi connectivity index (χ1) is 17.7. The molecule has 0 unspecified atom stereocenters. The van der Waals surface area contributed by atoms with Crippen molar-refractivity contribution in [2.45, 2.75) is 133 Å². The number of ether oxygens (including phenoxy) is 3. The van der Waals surface area contributed by atoms with E-state index in [-0.39, 0.29) is 11.7 Å². The highest BCUT2D eigenvalue weighted by molar-refractivity contribution is 5.97. The summed E-state index contributed by atoms with van der Waals surface area (Å²) in [4.78, 5) is 22.9. The third kappa shape index (κ3) is 9.92. The van der Waals surface area contributed by atoms with E-state index in [1.807, 2.05) is 6.92 Å². The lowest BCUT2D eigenvalue weighted by atomic mass is 9.93. The van der Waals surface area contributed by atoms with E-state index in [0.29, 0.717) is 6.42 Å². The average molecular weight is 531 g/mol. The van der Waals surface area contributed by atoms with Crippen molar-refractivity contribution >= 4 is 11.9 Å². The van der Waals surface area contributed by atoms with Crippen LogP contribution < -0.4 is 0 Å². The van der Waals surface area contributed by atoms with E-state index in [1.165, 1.54) is 25.7 Å². The molecule has 2 rings (SSSR count). The molecule has 0 aliphatic carbocycles. The van der Waals surface area contributed by atoms with Crippen molar-refractivity contribution in [3.63, 3.8) is 0 Å². The maximum absolute atomic E-state index is 11.5. The normalized spacial score (nSPS) is 30.9. The first-order valence-corrected chi connectivity index (χ1v) is 13.8. The number of aliphatic hydroxyl groups is 4. The molecule has 0 saturated carbocycles. The van der Waals surface area contributed by atoms with E-state index in [2.05, 4.69) is 6.58 Å². The van der Waals surface area contributed by atoms with Crippen molar-refractivity contribution < 1.29 is 49.3 Å². The third-order valence-electron chi connectivity index (χ3n) is 7.35. The highest BCUT2D eigenvalue weighted by Gasteiger charge is 2.44. The Balaban J connectivity index is 1.41. The molecule has 214 valence electrons. The maximum Gasteiger partial charge on any atom is 0.334 e. The van der Waals surface area contributed by atoms with Crippen molar-refractivity contribution in [2.24, 2.45) is 5.92 Å². The van der Waals surface area contributed by atoms with E-state index >= 15 is 0 Å². The number of aliphatic carboxylic acids is 1. The Morgan fingerprint density at radius 3 is 1.97 bits per heavy atom. The largest absolute Gasteiger partial charge is 0.481 e. The Hall–Kier alpha value is -1.56. The van der Waals surface area contributed by atoms with Gasteiger partial charge in [-0.1, -0.05) is 70.8 Å². The van der Waals surface area contributed by atoms with Crippen LogP contribution in [-0.4, -0.2) is 87.0 Å². The maximum atomic E-state index is 11.5. The van der Waals surface area contributed by atoms with Gasteiger partial charge in [-0.2, -0.15) is 0 Å². The summed E-state index contributed by atoms with van der Waals surface area (Å²) in [5.74, 6) is -2.55. The summed E-state index contributed by atoms with van der Waals surface area (Å²) in [5.41, 5.74) is 0.0495. The highest BCUT2D eigenvalue weighted by atomic mass is 16.7. The van der Waals surface area contributed by atoms with Gasteiger partial charge in [-0.25, -0.2) is 4.79 Å². The van der Waals surface area contributed by atoms with Crippen LogP contribution in [0.2, 0.25) is 0 Å². The topological polar surface area (TPSA) is 163 Å². The second kappa shape index (κ2) is 16.4. The van der Waals surface area contributed by atoms with Crippen LogP contribution in [0.1, 0.15) is 90.4 Å². The minimum atomic E-state index is -1.42. The standard InChI is InChI=1S/C27H46O10/c1-17(35-27-24(31)23(30)22(29)20(16-28)37-27)14-12-10-8-6-4-3-5-7-9-11-13-15-19-21(25(32)33)18(2)26(34)36-19/h17,19-24,27-31H,2-16H2,1H3,(H,32,33)/t17-,19-,20-,21+,22-,23+,24-,27-/m1/s1. The molecule has 2 fully saturated rings. The van der Waals surface area contributed by atoms with Gasteiger partial charge in [-0.3, -0.25) is 4.79 Å². The van der Waals surface area contributed by atoms with Crippen molar-refractivity contribution in [2.75, 3.05) is 6.61 Å². The zero-order chi connectivity index (χ0) is 27.4. The summed E-state index contributed by atoms with van der Waals surface area (Å²) in [7, 11) is 0. The Labute approximate surface area is 219 Å².